The third-order valence-corrected chi connectivity index (χ3v) is 5.53. The normalized spacial score (nSPS) is 23.6. The lowest BCUT2D eigenvalue weighted by Gasteiger charge is -2.44. The molecule has 3 amide bonds. The van der Waals surface area contributed by atoms with Crippen LogP contribution in [-0.2, 0) is 0 Å². The van der Waals surface area contributed by atoms with Crippen molar-refractivity contribution < 1.29 is 27.6 Å². The minimum Gasteiger partial charge on any atom is -0.335 e. The molecular weight excluding hydrogens is 387 g/mol. The van der Waals surface area contributed by atoms with E-state index in [9.17, 15) is 27.6 Å². The molecule has 6 nitrogen and oxygen atoms in total. The second-order valence-corrected chi connectivity index (χ2v) is 8.66. The number of carbonyl (C=O) groups is 3. The maximum Gasteiger partial charge on any atom is 0.405 e. The number of imide groups is 1. The van der Waals surface area contributed by atoms with Crippen molar-refractivity contribution in [2.24, 2.45) is 0 Å². The van der Waals surface area contributed by atoms with E-state index < -0.39 is 48.1 Å². The zero-order chi connectivity index (χ0) is 21.9. The molecule has 1 fully saturated rings. The lowest BCUT2D eigenvalue weighted by molar-refractivity contribution is -0.197. The summed E-state index contributed by atoms with van der Waals surface area (Å²) in [7, 11) is 1.39. The molecule has 3 rings (SSSR count). The largest absolute Gasteiger partial charge is 0.405 e. The third kappa shape index (κ3) is 3.63. The number of nitrogens with zero attached hydrogens (tertiary/aromatic N) is 3. The summed E-state index contributed by atoms with van der Waals surface area (Å²) in [5.41, 5.74) is -0.338. The van der Waals surface area contributed by atoms with Gasteiger partial charge in [0.2, 0.25) is 0 Å². The molecule has 1 aromatic rings. The number of rotatable bonds is 1. The molecular formula is C20H24F3N3O3. The number of benzene rings is 1. The molecule has 0 saturated carbocycles. The molecule has 158 valence electrons. The quantitative estimate of drug-likeness (QED) is 0.667. The Morgan fingerprint density at radius 1 is 1.03 bits per heavy atom. The van der Waals surface area contributed by atoms with Crippen molar-refractivity contribution in [3.05, 3.63) is 34.9 Å². The number of fused-ring (bicyclic) bond motifs is 1. The topological polar surface area (TPSA) is 60.9 Å². The summed E-state index contributed by atoms with van der Waals surface area (Å²) in [5.74, 6) is -1.54. The van der Waals surface area contributed by atoms with Gasteiger partial charge in [-0.25, -0.2) is 0 Å². The van der Waals surface area contributed by atoms with Crippen molar-refractivity contribution in [2.75, 3.05) is 20.1 Å². The molecule has 1 aromatic carbocycles. The summed E-state index contributed by atoms with van der Waals surface area (Å²) in [5, 5.41) is 0. The van der Waals surface area contributed by atoms with Crippen LogP contribution in [0.5, 0.6) is 0 Å². The number of hydrogen-bond donors (Lipinski definition) is 0. The van der Waals surface area contributed by atoms with Gasteiger partial charge in [-0.1, -0.05) is 0 Å². The molecule has 1 saturated heterocycles. The molecule has 0 aromatic heterocycles. The fourth-order valence-electron chi connectivity index (χ4n) is 3.83. The smallest absolute Gasteiger partial charge is 0.335 e. The number of piperazine rings is 1. The van der Waals surface area contributed by atoms with Crippen LogP contribution in [0.25, 0.3) is 0 Å². The number of carbonyl (C=O) groups excluding carboxylic acids is 3. The third-order valence-electron chi connectivity index (χ3n) is 5.53. The highest BCUT2D eigenvalue weighted by Gasteiger charge is 2.48. The predicted octanol–water partition coefficient (Wildman–Crippen LogP) is 2.79. The molecule has 2 heterocycles. The van der Waals surface area contributed by atoms with E-state index in [1.165, 1.54) is 30.1 Å². The van der Waals surface area contributed by atoms with Gasteiger partial charge in [0.05, 0.1) is 11.1 Å². The van der Waals surface area contributed by atoms with Crippen molar-refractivity contribution in [2.45, 2.75) is 51.5 Å². The fraction of sp³-hybridized carbons (Fsp3) is 0.550. The van der Waals surface area contributed by atoms with Crippen LogP contribution in [0.15, 0.2) is 18.2 Å². The number of amides is 3. The predicted molar refractivity (Wildman–Crippen MR) is 99.7 cm³/mol. The first-order valence-electron chi connectivity index (χ1n) is 9.34. The zero-order valence-corrected chi connectivity index (χ0v) is 17.0. The average Bonchev–Trinajstić information content (AvgIpc) is 2.85. The Kier molecular flexibility index (Phi) is 5.01. The van der Waals surface area contributed by atoms with Gasteiger partial charge >= 0.3 is 6.18 Å². The SMILES string of the molecule is CC1CN(C(=O)c2ccc3c(c2)C(=O)N(C(C)(C)C)C3=O)CC(C(F)(F)F)N1C. The minimum atomic E-state index is -4.46. The van der Waals surface area contributed by atoms with Gasteiger partial charge in [-0.15, -0.1) is 0 Å². The number of hydrogen-bond acceptors (Lipinski definition) is 4. The van der Waals surface area contributed by atoms with Gasteiger partial charge in [0.15, 0.2) is 0 Å². The van der Waals surface area contributed by atoms with Crippen molar-refractivity contribution in [1.29, 1.82) is 0 Å². The van der Waals surface area contributed by atoms with E-state index in [2.05, 4.69) is 0 Å². The molecule has 29 heavy (non-hydrogen) atoms. The molecule has 2 aliphatic heterocycles. The Balaban J connectivity index is 1.90. The van der Waals surface area contributed by atoms with Crippen LogP contribution in [0.2, 0.25) is 0 Å². The van der Waals surface area contributed by atoms with Crippen LogP contribution in [0.3, 0.4) is 0 Å². The van der Waals surface area contributed by atoms with E-state index >= 15 is 0 Å². The molecule has 0 N–H and O–H groups in total. The second kappa shape index (κ2) is 6.83. The monoisotopic (exact) mass is 411 g/mol. The van der Waals surface area contributed by atoms with E-state index in [-0.39, 0.29) is 23.2 Å². The summed E-state index contributed by atoms with van der Waals surface area (Å²) in [6.07, 6.45) is -4.46. The summed E-state index contributed by atoms with van der Waals surface area (Å²) in [6, 6.07) is 1.87. The summed E-state index contributed by atoms with van der Waals surface area (Å²) in [4.78, 5) is 41.7. The number of alkyl halides is 3. The highest BCUT2D eigenvalue weighted by Crippen LogP contribution is 2.32. The maximum absolute atomic E-state index is 13.4. The first-order chi connectivity index (χ1) is 13.2. The van der Waals surface area contributed by atoms with E-state index in [0.29, 0.717) is 0 Å². The highest BCUT2D eigenvalue weighted by molar-refractivity contribution is 6.22. The Bertz CT molecular complexity index is 876. The Morgan fingerprint density at radius 2 is 1.62 bits per heavy atom. The molecule has 0 radical (unpaired) electrons. The molecule has 2 aliphatic rings. The van der Waals surface area contributed by atoms with Crippen LogP contribution < -0.4 is 0 Å². The summed E-state index contributed by atoms with van der Waals surface area (Å²) >= 11 is 0. The van der Waals surface area contributed by atoms with Crippen molar-refractivity contribution in [1.82, 2.24) is 14.7 Å². The Morgan fingerprint density at radius 3 is 2.17 bits per heavy atom. The molecule has 0 bridgehead atoms. The maximum atomic E-state index is 13.4. The second-order valence-electron chi connectivity index (χ2n) is 8.66. The van der Waals surface area contributed by atoms with Crippen molar-refractivity contribution >= 4 is 17.7 Å². The lowest BCUT2D eigenvalue weighted by atomic mass is 10.0. The van der Waals surface area contributed by atoms with Crippen molar-refractivity contribution in [3.63, 3.8) is 0 Å². The zero-order valence-electron chi connectivity index (χ0n) is 17.0. The Hall–Kier alpha value is -2.42. The fourth-order valence-corrected chi connectivity index (χ4v) is 3.83. The molecule has 2 unspecified atom stereocenters. The van der Waals surface area contributed by atoms with Gasteiger partial charge in [0.25, 0.3) is 17.7 Å². The van der Waals surface area contributed by atoms with E-state index in [1.807, 2.05) is 0 Å². The standard InChI is InChI=1S/C20H24F3N3O3/c1-11-9-25(10-15(24(11)5)20(21,22)23)16(27)12-6-7-13-14(8-12)18(29)26(17(13)28)19(2,3)4/h6-8,11,15H,9-10H2,1-5H3. The molecule has 0 spiro atoms. The van der Waals surface area contributed by atoms with Crippen LogP contribution in [-0.4, -0.2) is 76.4 Å². The van der Waals surface area contributed by atoms with Crippen LogP contribution in [0, 0.1) is 0 Å². The van der Waals surface area contributed by atoms with Gasteiger partial charge in [0.1, 0.15) is 6.04 Å². The van der Waals surface area contributed by atoms with Gasteiger partial charge < -0.3 is 4.90 Å². The first-order valence-corrected chi connectivity index (χ1v) is 9.34. The molecule has 2 atom stereocenters. The van der Waals surface area contributed by atoms with Crippen LogP contribution in [0.4, 0.5) is 13.2 Å². The van der Waals surface area contributed by atoms with Crippen LogP contribution >= 0.6 is 0 Å². The van der Waals surface area contributed by atoms with E-state index in [0.717, 1.165) is 9.80 Å². The lowest BCUT2D eigenvalue weighted by Crippen LogP contribution is -2.62. The van der Waals surface area contributed by atoms with E-state index in [1.54, 1.807) is 27.7 Å². The Labute approximate surface area is 167 Å². The first kappa shape index (κ1) is 21.3. The van der Waals surface area contributed by atoms with Crippen LogP contribution in [0.1, 0.15) is 58.8 Å². The highest BCUT2D eigenvalue weighted by atomic mass is 19.4. The summed E-state index contributed by atoms with van der Waals surface area (Å²) < 4.78 is 40.1. The van der Waals surface area contributed by atoms with Gasteiger partial charge in [0, 0.05) is 30.2 Å². The van der Waals surface area contributed by atoms with Gasteiger partial charge in [-0.05, 0) is 52.9 Å². The summed E-state index contributed by atoms with van der Waals surface area (Å²) in [6.45, 7) is 6.46. The molecule has 9 heteroatoms. The van der Waals surface area contributed by atoms with Crippen molar-refractivity contribution in [3.8, 4) is 0 Å². The van der Waals surface area contributed by atoms with Gasteiger partial charge in [-0.3, -0.25) is 24.2 Å². The van der Waals surface area contributed by atoms with Gasteiger partial charge in [-0.2, -0.15) is 13.2 Å². The minimum absolute atomic E-state index is 0.0957. The number of halogens is 3. The average molecular weight is 411 g/mol. The molecule has 0 aliphatic carbocycles. The number of likely N-dealkylation sites (N-methyl/N-ethyl adjacent to an activating group) is 1. The van der Waals surface area contributed by atoms with E-state index in [4.69, 9.17) is 0 Å².